The minimum absolute atomic E-state index is 0.555. The minimum Gasteiger partial charge on any atom is -0.381 e. The second kappa shape index (κ2) is 6.17. The lowest BCUT2D eigenvalue weighted by atomic mass is 10.0. The molecule has 2 atom stereocenters. The molecule has 1 aliphatic rings. The monoisotopic (exact) mass is 183 g/mol. The van der Waals surface area contributed by atoms with Crippen molar-refractivity contribution >= 4 is 0 Å². The molecule has 2 heteroatoms. The van der Waals surface area contributed by atoms with Crippen LogP contribution in [0.25, 0.3) is 0 Å². The summed E-state index contributed by atoms with van der Waals surface area (Å²) in [6.45, 7) is 8.92. The van der Waals surface area contributed by atoms with Crippen molar-refractivity contribution in [1.29, 1.82) is 0 Å². The van der Waals surface area contributed by atoms with Gasteiger partial charge in [-0.2, -0.15) is 0 Å². The fourth-order valence-corrected chi connectivity index (χ4v) is 1.67. The Morgan fingerprint density at radius 3 is 3.15 bits per heavy atom. The van der Waals surface area contributed by atoms with Crippen LogP contribution in [0.1, 0.15) is 26.2 Å². The first kappa shape index (κ1) is 10.7. The number of rotatable bonds is 5. The van der Waals surface area contributed by atoms with Crippen LogP contribution in [-0.4, -0.2) is 25.8 Å². The second-order valence-corrected chi connectivity index (χ2v) is 3.92. The zero-order valence-corrected chi connectivity index (χ0v) is 8.59. The predicted octanol–water partition coefficient (Wildman–Crippen LogP) is 1.97. The number of hydrogen-bond acceptors (Lipinski definition) is 2. The highest BCUT2D eigenvalue weighted by atomic mass is 16.5. The molecule has 0 aromatic carbocycles. The predicted molar refractivity (Wildman–Crippen MR) is 55.8 cm³/mol. The van der Waals surface area contributed by atoms with Crippen LogP contribution in [0, 0.1) is 5.92 Å². The van der Waals surface area contributed by atoms with E-state index in [1.807, 2.05) is 6.08 Å². The van der Waals surface area contributed by atoms with Crippen LogP contribution in [0.15, 0.2) is 12.7 Å². The average Bonchev–Trinajstić information content (AvgIpc) is 2.17. The lowest BCUT2D eigenvalue weighted by Gasteiger charge is -2.23. The molecule has 0 saturated carbocycles. The highest BCUT2D eigenvalue weighted by Crippen LogP contribution is 2.12. The molecule has 1 fully saturated rings. The van der Waals surface area contributed by atoms with Gasteiger partial charge in [0.1, 0.15) is 0 Å². The first-order valence-electron chi connectivity index (χ1n) is 5.25. The fourth-order valence-electron chi connectivity index (χ4n) is 1.67. The van der Waals surface area contributed by atoms with Gasteiger partial charge in [-0.05, 0) is 32.1 Å². The Kier molecular flexibility index (Phi) is 5.09. The number of hydrogen-bond donors (Lipinski definition) is 1. The highest BCUT2D eigenvalue weighted by Gasteiger charge is 2.13. The van der Waals surface area contributed by atoms with E-state index in [1.54, 1.807) is 0 Å². The van der Waals surface area contributed by atoms with Crippen LogP contribution in [0.5, 0.6) is 0 Å². The Hall–Kier alpha value is -0.340. The summed E-state index contributed by atoms with van der Waals surface area (Å²) in [4.78, 5) is 0. The van der Waals surface area contributed by atoms with E-state index in [9.17, 15) is 0 Å². The van der Waals surface area contributed by atoms with Gasteiger partial charge in [0.15, 0.2) is 0 Å². The molecule has 1 N–H and O–H groups in total. The Balaban J connectivity index is 2.06. The highest BCUT2D eigenvalue weighted by molar-refractivity contribution is 4.76. The molecule has 0 aliphatic carbocycles. The Labute approximate surface area is 81.4 Å². The molecule has 13 heavy (non-hydrogen) atoms. The van der Waals surface area contributed by atoms with E-state index < -0.39 is 0 Å². The molecule has 0 spiro atoms. The van der Waals surface area contributed by atoms with Gasteiger partial charge in [0, 0.05) is 19.2 Å². The van der Waals surface area contributed by atoms with E-state index in [1.165, 1.54) is 12.8 Å². The lowest BCUT2D eigenvalue weighted by Crippen LogP contribution is -2.34. The second-order valence-electron chi connectivity index (χ2n) is 3.92. The maximum atomic E-state index is 5.41. The zero-order valence-electron chi connectivity index (χ0n) is 8.59. The molecule has 0 aromatic rings. The van der Waals surface area contributed by atoms with Gasteiger partial charge < -0.3 is 10.1 Å². The Morgan fingerprint density at radius 2 is 2.54 bits per heavy atom. The van der Waals surface area contributed by atoms with E-state index >= 15 is 0 Å². The van der Waals surface area contributed by atoms with Crippen LogP contribution >= 0.6 is 0 Å². The van der Waals surface area contributed by atoms with E-state index in [0.717, 1.165) is 32.1 Å². The van der Waals surface area contributed by atoms with E-state index in [4.69, 9.17) is 4.74 Å². The maximum absolute atomic E-state index is 5.41. The first-order chi connectivity index (χ1) is 6.33. The van der Waals surface area contributed by atoms with Gasteiger partial charge in [-0.3, -0.25) is 0 Å². The summed E-state index contributed by atoms with van der Waals surface area (Å²) in [7, 11) is 0. The molecule has 0 amide bonds. The average molecular weight is 183 g/mol. The van der Waals surface area contributed by atoms with E-state index in [0.29, 0.717) is 6.04 Å². The fraction of sp³-hybridized carbons (Fsp3) is 0.818. The number of ether oxygens (including phenoxy) is 1. The van der Waals surface area contributed by atoms with E-state index in [2.05, 4.69) is 18.8 Å². The quantitative estimate of drug-likeness (QED) is 0.658. The molecule has 0 aromatic heterocycles. The smallest absolute Gasteiger partial charge is 0.0506 e. The molecule has 0 bridgehead atoms. The van der Waals surface area contributed by atoms with Crippen LogP contribution in [-0.2, 0) is 4.74 Å². The van der Waals surface area contributed by atoms with Crippen LogP contribution in [0.3, 0.4) is 0 Å². The van der Waals surface area contributed by atoms with Gasteiger partial charge in [-0.15, -0.1) is 6.58 Å². The third-order valence-corrected chi connectivity index (χ3v) is 2.53. The van der Waals surface area contributed by atoms with Crippen molar-refractivity contribution in [1.82, 2.24) is 5.32 Å². The molecule has 76 valence electrons. The van der Waals surface area contributed by atoms with Crippen molar-refractivity contribution < 1.29 is 4.74 Å². The minimum atomic E-state index is 0.555. The standard InChI is InChI=1S/C11H21NO/c1-3-5-10(2)12-8-11-6-4-7-13-9-11/h3,10-12H,1,4-9H2,2H3. The van der Waals surface area contributed by atoms with Crippen LogP contribution < -0.4 is 5.32 Å². The summed E-state index contributed by atoms with van der Waals surface area (Å²) in [6, 6.07) is 0.555. The SMILES string of the molecule is C=CCC(C)NCC1CCCOC1. The molecule has 1 rings (SSSR count). The van der Waals surface area contributed by atoms with Crippen LogP contribution in [0.2, 0.25) is 0 Å². The number of nitrogens with one attached hydrogen (secondary N) is 1. The molecule has 1 heterocycles. The van der Waals surface area contributed by atoms with Gasteiger partial charge in [-0.1, -0.05) is 6.08 Å². The van der Waals surface area contributed by atoms with Gasteiger partial charge in [0.25, 0.3) is 0 Å². The molecular formula is C11H21NO. The van der Waals surface area contributed by atoms with Gasteiger partial charge in [0.05, 0.1) is 6.61 Å². The van der Waals surface area contributed by atoms with Crippen molar-refractivity contribution in [2.75, 3.05) is 19.8 Å². The summed E-state index contributed by atoms with van der Waals surface area (Å²) in [5.41, 5.74) is 0. The van der Waals surface area contributed by atoms with Crippen molar-refractivity contribution in [3.63, 3.8) is 0 Å². The van der Waals surface area contributed by atoms with Gasteiger partial charge in [0.2, 0.25) is 0 Å². The molecule has 0 radical (unpaired) electrons. The first-order valence-corrected chi connectivity index (χ1v) is 5.25. The third kappa shape index (κ3) is 4.44. The molecule has 1 saturated heterocycles. The van der Waals surface area contributed by atoms with Crippen molar-refractivity contribution in [3.8, 4) is 0 Å². The summed E-state index contributed by atoms with van der Waals surface area (Å²) in [6.07, 6.45) is 5.55. The maximum Gasteiger partial charge on any atom is 0.0506 e. The summed E-state index contributed by atoms with van der Waals surface area (Å²) >= 11 is 0. The molecule has 2 nitrogen and oxygen atoms in total. The van der Waals surface area contributed by atoms with E-state index in [-0.39, 0.29) is 0 Å². The Bertz CT molecular complexity index is 141. The summed E-state index contributed by atoms with van der Waals surface area (Å²) in [5, 5.41) is 3.50. The molecule has 1 aliphatic heterocycles. The molecule has 2 unspecified atom stereocenters. The van der Waals surface area contributed by atoms with Crippen molar-refractivity contribution in [2.45, 2.75) is 32.2 Å². The van der Waals surface area contributed by atoms with Crippen LogP contribution in [0.4, 0.5) is 0 Å². The van der Waals surface area contributed by atoms with Crippen molar-refractivity contribution in [2.24, 2.45) is 5.92 Å². The van der Waals surface area contributed by atoms with Crippen molar-refractivity contribution in [3.05, 3.63) is 12.7 Å². The van der Waals surface area contributed by atoms with Gasteiger partial charge >= 0.3 is 0 Å². The normalized spacial score (nSPS) is 25.5. The lowest BCUT2D eigenvalue weighted by molar-refractivity contribution is 0.0540. The topological polar surface area (TPSA) is 21.3 Å². The van der Waals surface area contributed by atoms with Gasteiger partial charge in [-0.25, -0.2) is 0 Å². The third-order valence-electron chi connectivity index (χ3n) is 2.53. The molecular weight excluding hydrogens is 162 g/mol. The summed E-state index contributed by atoms with van der Waals surface area (Å²) < 4.78 is 5.41. The largest absolute Gasteiger partial charge is 0.381 e. The zero-order chi connectivity index (χ0) is 9.52. The summed E-state index contributed by atoms with van der Waals surface area (Å²) in [5.74, 6) is 0.723. The Morgan fingerprint density at radius 1 is 1.69 bits per heavy atom.